The number of aliphatic hydroxyl groups excluding tert-OH is 1. The van der Waals surface area contributed by atoms with Crippen molar-refractivity contribution in [2.75, 3.05) is 33.6 Å². The Morgan fingerprint density at radius 3 is 2.85 bits per heavy atom. The van der Waals surface area contributed by atoms with Gasteiger partial charge in [-0.2, -0.15) is 0 Å². The number of benzene rings is 1. The van der Waals surface area contributed by atoms with Gasteiger partial charge in [-0.15, -0.1) is 12.4 Å². The third-order valence-corrected chi connectivity index (χ3v) is 5.28. The van der Waals surface area contributed by atoms with Gasteiger partial charge < -0.3 is 24.6 Å². The van der Waals surface area contributed by atoms with Crippen LogP contribution in [0.4, 0.5) is 0 Å². The van der Waals surface area contributed by atoms with Crippen molar-refractivity contribution in [1.29, 1.82) is 0 Å². The van der Waals surface area contributed by atoms with Gasteiger partial charge in [0.25, 0.3) is 0 Å². The van der Waals surface area contributed by atoms with E-state index in [-0.39, 0.29) is 31.1 Å². The highest BCUT2D eigenvalue weighted by molar-refractivity contribution is 5.85. The molecule has 4 rings (SSSR count). The number of methoxy groups -OCH3 is 1. The van der Waals surface area contributed by atoms with Gasteiger partial charge in [0.1, 0.15) is 6.61 Å². The van der Waals surface area contributed by atoms with Crippen LogP contribution in [0.1, 0.15) is 18.4 Å². The van der Waals surface area contributed by atoms with Crippen LogP contribution in [0.5, 0.6) is 17.2 Å². The lowest BCUT2D eigenvalue weighted by molar-refractivity contribution is -0.124. The van der Waals surface area contributed by atoms with Crippen LogP contribution >= 0.6 is 12.4 Å². The zero-order valence-electron chi connectivity index (χ0n) is 14.8. The Hall–Kier alpha value is -1.70. The minimum Gasteiger partial charge on any atom is -0.493 e. The summed E-state index contributed by atoms with van der Waals surface area (Å²) in [7, 11) is 1.63. The molecule has 0 aromatic heterocycles. The molecule has 144 valence electrons. The number of hydrogen-bond acceptors (Lipinski definition) is 6. The van der Waals surface area contributed by atoms with Crippen molar-refractivity contribution in [3.8, 4) is 17.2 Å². The molecule has 26 heavy (non-hydrogen) atoms. The largest absolute Gasteiger partial charge is 0.493 e. The SMILES string of the molecule is COc1cc(CN2C[C@H](NC(=O)CO)[C@@H](C3CC3)C2)cc2c1OCO2.Cl. The summed E-state index contributed by atoms with van der Waals surface area (Å²) in [6.07, 6.45) is 2.48. The van der Waals surface area contributed by atoms with Gasteiger partial charge in [0.15, 0.2) is 11.5 Å². The van der Waals surface area contributed by atoms with Crippen LogP contribution in [0.15, 0.2) is 12.1 Å². The number of hydrogen-bond donors (Lipinski definition) is 2. The minimum atomic E-state index is -0.451. The molecule has 2 atom stereocenters. The topological polar surface area (TPSA) is 80.3 Å². The maximum atomic E-state index is 11.6. The van der Waals surface area contributed by atoms with E-state index < -0.39 is 6.61 Å². The maximum absolute atomic E-state index is 11.6. The van der Waals surface area contributed by atoms with Crippen LogP contribution in [0, 0.1) is 11.8 Å². The fourth-order valence-corrected chi connectivity index (χ4v) is 3.98. The fourth-order valence-electron chi connectivity index (χ4n) is 3.98. The maximum Gasteiger partial charge on any atom is 0.245 e. The molecule has 0 radical (unpaired) electrons. The second kappa shape index (κ2) is 7.90. The monoisotopic (exact) mass is 384 g/mol. The highest BCUT2D eigenvalue weighted by atomic mass is 35.5. The van der Waals surface area contributed by atoms with Crippen molar-refractivity contribution < 1.29 is 24.1 Å². The molecular weight excluding hydrogens is 360 g/mol. The molecule has 2 fully saturated rings. The van der Waals surface area contributed by atoms with E-state index in [1.165, 1.54) is 12.8 Å². The Morgan fingerprint density at radius 1 is 1.35 bits per heavy atom. The Bertz CT molecular complexity index is 667. The Kier molecular flexibility index (Phi) is 5.79. The van der Waals surface area contributed by atoms with Crippen molar-refractivity contribution in [3.05, 3.63) is 17.7 Å². The fraction of sp³-hybridized carbons (Fsp3) is 0.611. The van der Waals surface area contributed by atoms with Gasteiger partial charge in [-0.1, -0.05) is 0 Å². The smallest absolute Gasteiger partial charge is 0.245 e. The van der Waals surface area contributed by atoms with Gasteiger partial charge in [0.2, 0.25) is 18.4 Å². The number of aliphatic hydroxyl groups is 1. The number of carbonyl (C=O) groups excluding carboxylic acids is 1. The highest BCUT2D eigenvalue weighted by Gasteiger charge is 2.42. The van der Waals surface area contributed by atoms with E-state index >= 15 is 0 Å². The predicted octanol–water partition coefficient (Wildman–Crippen LogP) is 1.16. The summed E-state index contributed by atoms with van der Waals surface area (Å²) >= 11 is 0. The lowest BCUT2D eigenvalue weighted by Gasteiger charge is -2.18. The summed E-state index contributed by atoms with van der Waals surface area (Å²) < 4.78 is 16.4. The molecular formula is C18H25ClN2O5. The standard InChI is InChI=1S/C18H24N2O5.ClH/c1-23-15-4-11(5-16-18(15)25-10-24-16)6-20-7-13(12-2-3-12)14(8-20)19-17(22)9-21;/h4-5,12-14,21H,2-3,6-10H2,1H3,(H,19,22);1H/t13-,14+;/m1./s1. The number of ether oxygens (including phenoxy) is 3. The molecule has 1 aromatic carbocycles. The van der Waals surface area contributed by atoms with Crippen LogP contribution < -0.4 is 19.5 Å². The summed E-state index contributed by atoms with van der Waals surface area (Å²) in [5.41, 5.74) is 1.10. The van der Waals surface area contributed by atoms with E-state index in [1.807, 2.05) is 12.1 Å². The van der Waals surface area contributed by atoms with Crippen LogP contribution in [0.3, 0.4) is 0 Å². The first-order chi connectivity index (χ1) is 12.2. The number of fused-ring (bicyclic) bond motifs is 1. The third kappa shape index (κ3) is 3.84. The molecule has 1 aromatic rings. The number of nitrogens with one attached hydrogen (secondary N) is 1. The number of halogens is 1. The summed E-state index contributed by atoms with van der Waals surface area (Å²) in [6.45, 7) is 2.29. The Morgan fingerprint density at radius 2 is 2.15 bits per heavy atom. The van der Waals surface area contributed by atoms with E-state index in [2.05, 4.69) is 10.2 Å². The number of likely N-dealkylation sites (tertiary alicyclic amines) is 1. The van der Waals surface area contributed by atoms with Gasteiger partial charge in [0.05, 0.1) is 7.11 Å². The Balaban J connectivity index is 0.00000196. The zero-order valence-corrected chi connectivity index (χ0v) is 15.6. The van der Waals surface area contributed by atoms with Gasteiger partial charge in [-0.05, 0) is 42.4 Å². The molecule has 0 bridgehead atoms. The molecule has 1 aliphatic carbocycles. The second-order valence-corrected chi connectivity index (χ2v) is 7.06. The minimum absolute atomic E-state index is 0. The first-order valence-corrected chi connectivity index (χ1v) is 8.77. The first-order valence-electron chi connectivity index (χ1n) is 8.77. The summed E-state index contributed by atoms with van der Waals surface area (Å²) in [5.74, 6) is 2.94. The zero-order chi connectivity index (χ0) is 17.4. The number of nitrogens with zero attached hydrogens (tertiary/aromatic N) is 1. The summed E-state index contributed by atoms with van der Waals surface area (Å²) in [4.78, 5) is 14.0. The average Bonchev–Trinajstić information content (AvgIpc) is 3.22. The van der Waals surface area contributed by atoms with Gasteiger partial charge >= 0.3 is 0 Å². The van der Waals surface area contributed by atoms with Crippen LogP contribution in [0.25, 0.3) is 0 Å². The van der Waals surface area contributed by atoms with Gasteiger partial charge in [0, 0.05) is 25.7 Å². The van der Waals surface area contributed by atoms with E-state index in [0.717, 1.165) is 30.9 Å². The molecule has 7 nitrogen and oxygen atoms in total. The number of carbonyl (C=O) groups is 1. The van der Waals surface area contributed by atoms with Gasteiger partial charge in [-0.25, -0.2) is 0 Å². The molecule has 2 aliphatic heterocycles. The van der Waals surface area contributed by atoms with Gasteiger partial charge in [-0.3, -0.25) is 9.69 Å². The highest BCUT2D eigenvalue weighted by Crippen LogP contribution is 2.44. The number of rotatable bonds is 6. The van der Waals surface area contributed by atoms with Crippen molar-refractivity contribution >= 4 is 18.3 Å². The second-order valence-electron chi connectivity index (χ2n) is 7.06. The van der Waals surface area contributed by atoms with Crippen molar-refractivity contribution in [1.82, 2.24) is 10.2 Å². The molecule has 1 saturated heterocycles. The number of amides is 1. The quantitative estimate of drug-likeness (QED) is 0.766. The lowest BCUT2D eigenvalue weighted by atomic mass is 9.98. The Labute approximate surface area is 159 Å². The van der Waals surface area contributed by atoms with Crippen molar-refractivity contribution in [2.24, 2.45) is 11.8 Å². The van der Waals surface area contributed by atoms with E-state index in [9.17, 15) is 4.79 Å². The average molecular weight is 385 g/mol. The normalized spacial score (nSPS) is 24.2. The third-order valence-electron chi connectivity index (χ3n) is 5.28. The van der Waals surface area contributed by atoms with Crippen molar-refractivity contribution in [2.45, 2.75) is 25.4 Å². The molecule has 3 aliphatic rings. The van der Waals surface area contributed by atoms with Crippen LogP contribution in [-0.4, -0.2) is 55.6 Å². The van der Waals surface area contributed by atoms with Crippen LogP contribution in [-0.2, 0) is 11.3 Å². The molecule has 8 heteroatoms. The van der Waals surface area contributed by atoms with E-state index in [1.54, 1.807) is 7.11 Å². The predicted molar refractivity (Wildman–Crippen MR) is 96.9 cm³/mol. The van der Waals surface area contributed by atoms with Crippen molar-refractivity contribution in [3.63, 3.8) is 0 Å². The molecule has 0 spiro atoms. The lowest BCUT2D eigenvalue weighted by Crippen LogP contribution is -2.42. The van der Waals surface area contributed by atoms with E-state index in [0.29, 0.717) is 23.3 Å². The summed E-state index contributed by atoms with van der Waals surface area (Å²) in [6, 6.07) is 4.10. The molecule has 2 heterocycles. The molecule has 0 unspecified atom stereocenters. The first kappa shape index (κ1) is 19.1. The molecule has 2 N–H and O–H groups in total. The molecule has 1 saturated carbocycles. The van der Waals surface area contributed by atoms with E-state index in [4.69, 9.17) is 19.3 Å². The molecule has 1 amide bonds. The summed E-state index contributed by atoms with van der Waals surface area (Å²) in [5, 5.41) is 12.0. The van der Waals surface area contributed by atoms with Crippen LogP contribution in [0.2, 0.25) is 0 Å².